The molecule has 2 rings (SSSR count). The number of carboxylic acids is 1. The zero-order valence-corrected chi connectivity index (χ0v) is 12.8. The highest BCUT2D eigenvalue weighted by Crippen LogP contribution is 2.27. The first-order chi connectivity index (χ1) is 9.77. The highest BCUT2D eigenvalue weighted by molar-refractivity contribution is 7.12. The van der Waals surface area contributed by atoms with Gasteiger partial charge in [-0.3, -0.25) is 14.3 Å². The molecule has 8 heteroatoms. The average molecular weight is 308 g/mol. The topological polar surface area (TPSA) is 97.1 Å². The molecule has 0 aliphatic heterocycles. The minimum absolute atomic E-state index is 0.227. The van der Waals surface area contributed by atoms with Crippen LogP contribution in [0.15, 0.2) is 17.8 Å². The largest absolute Gasteiger partial charge is 0.480 e. The summed E-state index contributed by atoms with van der Waals surface area (Å²) in [4.78, 5) is 27.6. The molecule has 112 valence electrons. The van der Waals surface area contributed by atoms with Crippen molar-refractivity contribution in [2.75, 3.05) is 5.32 Å². The molecule has 0 aliphatic carbocycles. The monoisotopic (exact) mass is 308 g/mol. The first kappa shape index (κ1) is 15.2. The fraction of sp³-hybridized carbons (Fsp3) is 0.385. The number of anilines is 1. The first-order valence-corrected chi connectivity index (χ1v) is 7.16. The molecule has 0 spiro atoms. The van der Waals surface area contributed by atoms with Crippen molar-refractivity contribution in [2.45, 2.75) is 32.7 Å². The van der Waals surface area contributed by atoms with Gasteiger partial charge in [-0.05, 0) is 0 Å². The number of carboxylic acid groups (broad SMARTS) is 1. The molecule has 2 aromatic heterocycles. The molecule has 2 N–H and O–H groups in total. The number of carbonyl (C=O) groups excluding carboxylic acids is 1. The molecule has 2 aromatic rings. The van der Waals surface area contributed by atoms with Gasteiger partial charge < -0.3 is 10.4 Å². The van der Waals surface area contributed by atoms with E-state index in [1.807, 2.05) is 20.8 Å². The number of nitrogens with one attached hydrogen (secondary N) is 1. The molecule has 0 unspecified atom stereocenters. The minimum Gasteiger partial charge on any atom is -0.480 e. The number of rotatable bonds is 4. The van der Waals surface area contributed by atoms with E-state index in [1.54, 1.807) is 11.6 Å². The quantitative estimate of drug-likeness (QED) is 0.900. The second-order valence-electron chi connectivity index (χ2n) is 5.53. The fourth-order valence-corrected chi connectivity index (χ4v) is 2.66. The van der Waals surface area contributed by atoms with E-state index >= 15 is 0 Å². The molecule has 0 saturated heterocycles. The normalized spacial score (nSPS) is 11.4. The third-order valence-corrected chi connectivity index (χ3v) is 3.49. The van der Waals surface area contributed by atoms with Gasteiger partial charge in [0.25, 0.3) is 5.91 Å². The summed E-state index contributed by atoms with van der Waals surface area (Å²) in [5, 5.41) is 15.3. The molecule has 0 atom stereocenters. The summed E-state index contributed by atoms with van der Waals surface area (Å²) in [6, 6.07) is 1.55. The van der Waals surface area contributed by atoms with E-state index in [4.69, 9.17) is 5.11 Å². The van der Waals surface area contributed by atoms with Gasteiger partial charge in [0.2, 0.25) is 0 Å². The smallest absolute Gasteiger partial charge is 0.325 e. The highest BCUT2D eigenvalue weighted by atomic mass is 32.1. The lowest BCUT2D eigenvalue weighted by molar-refractivity contribution is -0.137. The maximum absolute atomic E-state index is 12.3. The fourth-order valence-electron chi connectivity index (χ4n) is 1.77. The number of hydrogen-bond donors (Lipinski definition) is 2. The summed E-state index contributed by atoms with van der Waals surface area (Å²) < 4.78 is 1.25. The van der Waals surface area contributed by atoms with E-state index in [1.165, 1.54) is 22.2 Å². The molecular weight excluding hydrogens is 292 g/mol. The maximum Gasteiger partial charge on any atom is 0.325 e. The minimum atomic E-state index is -0.992. The Labute approximate surface area is 125 Å². The molecule has 7 nitrogen and oxygen atoms in total. The molecule has 21 heavy (non-hydrogen) atoms. The molecule has 1 amide bonds. The van der Waals surface area contributed by atoms with Crippen LogP contribution in [0.1, 0.15) is 36.1 Å². The van der Waals surface area contributed by atoms with Crippen LogP contribution in [-0.2, 0) is 16.8 Å². The van der Waals surface area contributed by atoms with Gasteiger partial charge in [-0.25, -0.2) is 4.98 Å². The lowest BCUT2D eigenvalue weighted by Gasteiger charge is -2.17. The first-order valence-electron chi connectivity index (χ1n) is 6.28. The standard InChI is InChI=1S/C13H16N4O3S/c1-13(2,3)11-10(21-7-14-11)12(20)15-8-4-5-17(16-8)6-9(18)19/h4-5,7H,6H2,1-3H3,(H,18,19)(H,15,16,20). The molecule has 0 saturated carbocycles. The van der Waals surface area contributed by atoms with E-state index in [-0.39, 0.29) is 17.9 Å². The van der Waals surface area contributed by atoms with Crippen LogP contribution in [0.3, 0.4) is 0 Å². The Morgan fingerprint density at radius 3 is 2.76 bits per heavy atom. The Morgan fingerprint density at radius 1 is 1.43 bits per heavy atom. The van der Waals surface area contributed by atoms with Crippen LogP contribution >= 0.6 is 11.3 Å². The van der Waals surface area contributed by atoms with Crippen molar-refractivity contribution in [3.8, 4) is 0 Å². The molecule has 2 heterocycles. The van der Waals surface area contributed by atoms with Crippen molar-refractivity contribution in [2.24, 2.45) is 0 Å². The summed E-state index contributed by atoms with van der Waals surface area (Å²) in [6.45, 7) is 5.71. The van der Waals surface area contributed by atoms with E-state index in [0.717, 1.165) is 5.69 Å². The summed E-state index contributed by atoms with van der Waals surface area (Å²) in [7, 11) is 0. The molecular formula is C13H16N4O3S. The van der Waals surface area contributed by atoms with Gasteiger partial charge in [0.05, 0.1) is 11.2 Å². The van der Waals surface area contributed by atoms with Crippen LogP contribution in [0.4, 0.5) is 5.82 Å². The van der Waals surface area contributed by atoms with Gasteiger partial charge in [0.1, 0.15) is 11.4 Å². The molecule has 0 fully saturated rings. The van der Waals surface area contributed by atoms with Crippen molar-refractivity contribution in [3.05, 3.63) is 28.3 Å². The summed E-state index contributed by atoms with van der Waals surface area (Å²) in [5.74, 6) is -0.967. The third-order valence-electron chi connectivity index (χ3n) is 2.66. The number of amides is 1. The number of nitrogens with zero attached hydrogens (tertiary/aromatic N) is 3. The number of thiazole rings is 1. The molecule has 0 aromatic carbocycles. The zero-order chi connectivity index (χ0) is 15.6. The van der Waals surface area contributed by atoms with Gasteiger partial charge >= 0.3 is 5.97 Å². The van der Waals surface area contributed by atoms with Crippen molar-refractivity contribution < 1.29 is 14.7 Å². The van der Waals surface area contributed by atoms with Gasteiger partial charge in [0.15, 0.2) is 5.82 Å². The third kappa shape index (κ3) is 3.66. The average Bonchev–Trinajstić information content (AvgIpc) is 2.96. The predicted molar refractivity (Wildman–Crippen MR) is 78.6 cm³/mol. The van der Waals surface area contributed by atoms with Gasteiger partial charge in [-0.15, -0.1) is 11.3 Å². The van der Waals surface area contributed by atoms with E-state index in [0.29, 0.717) is 10.7 Å². The highest BCUT2D eigenvalue weighted by Gasteiger charge is 2.25. The van der Waals surface area contributed by atoms with Gasteiger partial charge in [0, 0.05) is 17.7 Å². The van der Waals surface area contributed by atoms with Crippen molar-refractivity contribution in [1.29, 1.82) is 0 Å². The number of aliphatic carboxylic acids is 1. The summed E-state index contributed by atoms with van der Waals surface area (Å²) >= 11 is 1.27. The van der Waals surface area contributed by atoms with Crippen molar-refractivity contribution in [1.82, 2.24) is 14.8 Å². The second-order valence-corrected chi connectivity index (χ2v) is 6.38. The zero-order valence-electron chi connectivity index (χ0n) is 12.0. The molecule has 0 radical (unpaired) electrons. The lowest BCUT2D eigenvalue weighted by Crippen LogP contribution is -2.20. The second kappa shape index (κ2) is 5.65. The van der Waals surface area contributed by atoms with Gasteiger partial charge in [-0.2, -0.15) is 5.10 Å². The maximum atomic E-state index is 12.3. The Bertz CT molecular complexity index is 669. The summed E-state index contributed by atoms with van der Waals surface area (Å²) in [5.41, 5.74) is 2.14. The van der Waals surface area contributed by atoms with Crippen LogP contribution in [0.5, 0.6) is 0 Å². The SMILES string of the molecule is CC(C)(C)c1ncsc1C(=O)Nc1ccn(CC(=O)O)n1. The Morgan fingerprint density at radius 2 is 2.14 bits per heavy atom. The van der Waals surface area contributed by atoms with Gasteiger partial charge in [-0.1, -0.05) is 20.8 Å². The lowest BCUT2D eigenvalue weighted by atomic mass is 9.91. The van der Waals surface area contributed by atoms with E-state index < -0.39 is 5.97 Å². The van der Waals surface area contributed by atoms with Crippen LogP contribution < -0.4 is 5.32 Å². The number of aromatic nitrogens is 3. The van der Waals surface area contributed by atoms with Crippen molar-refractivity contribution >= 4 is 29.0 Å². The molecule has 0 bridgehead atoms. The Hall–Kier alpha value is -2.22. The van der Waals surface area contributed by atoms with Crippen LogP contribution in [0.2, 0.25) is 0 Å². The number of hydrogen-bond acceptors (Lipinski definition) is 5. The van der Waals surface area contributed by atoms with Crippen LogP contribution in [-0.4, -0.2) is 31.7 Å². The Balaban J connectivity index is 2.14. The van der Waals surface area contributed by atoms with E-state index in [2.05, 4.69) is 15.4 Å². The molecule has 0 aliphatic rings. The van der Waals surface area contributed by atoms with Crippen LogP contribution in [0.25, 0.3) is 0 Å². The van der Waals surface area contributed by atoms with Crippen molar-refractivity contribution in [3.63, 3.8) is 0 Å². The van der Waals surface area contributed by atoms with Crippen LogP contribution in [0, 0.1) is 0 Å². The summed E-state index contributed by atoms with van der Waals surface area (Å²) in [6.07, 6.45) is 1.50. The van der Waals surface area contributed by atoms with E-state index in [9.17, 15) is 9.59 Å². The predicted octanol–water partition coefficient (Wildman–Crippen LogP) is 1.97. The number of carbonyl (C=O) groups is 2. The Kier molecular flexibility index (Phi) is 4.08.